The molecule has 0 bridgehead atoms. The zero-order valence-electron chi connectivity index (χ0n) is 17.6. The van der Waals surface area contributed by atoms with E-state index in [2.05, 4.69) is 10.9 Å². The number of nitro benzene ring substituents is 1. The van der Waals surface area contributed by atoms with E-state index in [4.69, 9.17) is 14.2 Å². The van der Waals surface area contributed by atoms with Crippen molar-refractivity contribution in [3.8, 4) is 27.7 Å². The molecule has 2 amide bonds. The third-order valence-corrected chi connectivity index (χ3v) is 5.61. The number of rotatable bonds is 7. The molecular weight excluding hydrogens is 457 g/mol. The van der Waals surface area contributed by atoms with Crippen LogP contribution in [0, 0.1) is 15.9 Å². The lowest BCUT2D eigenvalue weighted by molar-refractivity contribution is -0.386. The normalized spacial score (nSPS) is 10.3. The first-order chi connectivity index (χ1) is 15.8. The van der Waals surface area contributed by atoms with Gasteiger partial charge in [0, 0.05) is 10.9 Å². The molecule has 3 rings (SSSR count). The zero-order valence-corrected chi connectivity index (χ0v) is 18.4. The van der Waals surface area contributed by atoms with Gasteiger partial charge in [-0.05, 0) is 29.8 Å². The Morgan fingerprint density at radius 1 is 0.939 bits per heavy atom. The molecule has 172 valence electrons. The molecule has 0 unspecified atom stereocenters. The Balaban J connectivity index is 1.81. The van der Waals surface area contributed by atoms with E-state index in [1.165, 1.54) is 39.5 Å². The highest BCUT2D eigenvalue weighted by atomic mass is 32.1. The lowest BCUT2D eigenvalue weighted by atomic mass is 10.1. The molecular formula is C21H18FN3O7S. The Morgan fingerprint density at radius 3 is 2.15 bits per heavy atom. The van der Waals surface area contributed by atoms with Gasteiger partial charge in [0.2, 0.25) is 11.5 Å². The van der Waals surface area contributed by atoms with Gasteiger partial charge >= 0.3 is 5.69 Å². The van der Waals surface area contributed by atoms with Gasteiger partial charge in [-0.25, -0.2) is 4.39 Å². The SMILES string of the molecule is COc1cc(C(=O)NNC(=O)c2ccc(-c3ccc(F)cc3)s2)c([N+](=O)[O-])c(OC)c1OC. The molecule has 0 saturated heterocycles. The predicted octanol–water partition coefficient (Wildman–Crippen LogP) is 3.56. The average Bonchev–Trinajstić information content (AvgIpc) is 3.31. The van der Waals surface area contributed by atoms with Crippen LogP contribution in [0.2, 0.25) is 0 Å². The van der Waals surface area contributed by atoms with Crippen LogP contribution in [0.5, 0.6) is 17.2 Å². The maximum absolute atomic E-state index is 13.1. The number of methoxy groups -OCH3 is 3. The molecule has 33 heavy (non-hydrogen) atoms. The van der Waals surface area contributed by atoms with Crippen molar-refractivity contribution in [1.29, 1.82) is 0 Å². The number of halogens is 1. The molecule has 0 aliphatic rings. The smallest absolute Gasteiger partial charge is 0.327 e. The van der Waals surface area contributed by atoms with Crippen LogP contribution < -0.4 is 25.1 Å². The maximum Gasteiger partial charge on any atom is 0.327 e. The van der Waals surface area contributed by atoms with Gasteiger partial charge in [0.25, 0.3) is 11.8 Å². The number of nitrogens with zero attached hydrogens (tertiary/aromatic N) is 1. The molecule has 1 aromatic heterocycles. The van der Waals surface area contributed by atoms with Gasteiger partial charge < -0.3 is 14.2 Å². The minimum Gasteiger partial charge on any atom is -0.493 e. The summed E-state index contributed by atoms with van der Waals surface area (Å²) in [6, 6.07) is 10.1. The molecule has 3 aromatic rings. The first-order valence-corrected chi connectivity index (χ1v) is 10.1. The predicted molar refractivity (Wildman–Crippen MR) is 117 cm³/mol. The molecule has 2 N–H and O–H groups in total. The van der Waals surface area contributed by atoms with Crippen molar-refractivity contribution in [2.75, 3.05) is 21.3 Å². The molecule has 1 heterocycles. The van der Waals surface area contributed by atoms with E-state index in [0.29, 0.717) is 4.88 Å². The highest BCUT2D eigenvalue weighted by Gasteiger charge is 2.32. The molecule has 0 spiro atoms. The lowest BCUT2D eigenvalue weighted by Crippen LogP contribution is -2.41. The quantitative estimate of drug-likeness (QED) is 0.395. The van der Waals surface area contributed by atoms with Gasteiger partial charge in [-0.15, -0.1) is 11.3 Å². The van der Waals surface area contributed by atoms with Crippen LogP contribution in [0.15, 0.2) is 42.5 Å². The summed E-state index contributed by atoms with van der Waals surface area (Å²) >= 11 is 1.12. The van der Waals surface area contributed by atoms with Crippen molar-refractivity contribution in [3.05, 3.63) is 68.8 Å². The Kier molecular flexibility index (Phi) is 7.08. The molecule has 0 saturated carbocycles. The second kappa shape index (κ2) is 9.96. The minimum atomic E-state index is -0.968. The van der Waals surface area contributed by atoms with E-state index in [1.807, 2.05) is 0 Å². The zero-order chi connectivity index (χ0) is 24.1. The van der Waals surface area contributed by atoms with Gasteiger partial charge in [-0.3, -0.25) is 30.6 Å². The molecule has 10 nitrogen and oxygen atoms in total. The fourth-order valence-corrected chi connectivity index (χ4v) is 3.87. The number of benzene rings is 2. The van der Waals surface area contributed by atoms with Crippen molar-refractivity contribution in [1.82, 2.24) is 10.9 Å². The Labute approximate surface area is 191 Å². The van der Waals surface area contributed by atoms with Gasteiger partial charge in [0.15, 0.2) is 5.75 Å². The van der Waals surface area contributed by atoms with Gasteiger partial charge in [-0.1, -0.05) is 12.1 Å². The van der Waals surface area contributed by atoms with Crippen molar-refractivity contribution >= 4 is 28.8 Å². The number of carbonyl (C=O) groups is 2. The molecule has 12 heteroatoms. The second-order valence-electron chi connectivity index (χ2n) is 6.38. The molecule has 0 aliphatic heterocycles. The summed E-state index contributed by atoms with van der Waals surface area (Å²) in [4.78, 5) is 37.0. The fourth-order valence-electron chi connectivity index (χ4n) is 2.97. The van der Waals surface area contributed by atoms with E-state index in [0.717, 1.165) is 23.0 Å². The van der Waals surface area contributed by atoms with Crippen LogP contribution >= 0.6 is 11.3 Å². The number of carbonyl (C=O) groups excluding carboxylic acids is 2. The third kappa shape index (κ3) is 4.85. The van der Waals surface area contributed by atoms with Gasteiger partial charge in [0.1, 0.15) is 11.4 Å². The lowest BCUT2D eigenvalue weighted by Gasteiger charge is -2.15. The summed E-state index contributed by atoms with van der Waals surface area (Å²) in [5.74, 6) is -2.32. The maximum atomic E-state index is 13.1. The Bertz CT molecular complexity index is 1210. The van der Waals surface area contributed by atoms with Crippen LogP contribution in [0.25, 0.3) is 10.4 Å². The molecule has 0 radical (unpaired) electrons. The first kappa shape index (κ1) is 23.5. The number of nitrogens with one attached hydrogen (secondary N) is 2. The summed E-state index contributed by atoms with van der Waals surface area (Å²) in [6.45, 7) is 0. The number of nitro groups is 1. The largest absolute Gasteiger partial charge is 0.493 e. The highest BCUT2D eigenvalue weighted by molar-refractivity contribution is 7.17. The number of amides is 2. The number of thiophene rings is 1. The van der Waals surface area contributed by atoms with Crippen LogP contribution in [-0.2, 0) is 0 Å². The van der Waals surface area contributed by atoms with E-state index >= 15 is 0 Å². The minimum absolute atomic E-state index is 0.0265. The number of hydrogen-bond donors (Lipinski definition) is 2. The van der Waals surface area contributed by atoms with E-state index in [9.17, 15) is 24.1 Å². The van der Waals surface area contributed by atoms with Crippen LogP contribution in [0.3, 0.4) is 0 Å². The first-order valence-electron chi connectivity index (χ1n) is 9.24. The average molecular weight is 475 g/mol. The topological polar surface area (TPSA) is 129 Å². The second-order valence-corrected chi connectivity index (χ2v) is 7.46. The van der Waals surface area contributed by atoms with Crippen LogP contribution in [0.1, 0.15) is 20.0 Å². The Morgan fingerprint density at radius 2 is 1.58 bits per heavy atom. The summed E-state index contributed by atoms with van der Waals surface area (Å²) < 4.78 is 28.4. The standard InChI is InChI=1S/C21H18FN3O7S/c1-30-14-10-13(17(25(28)29)19(32-3)18(14)31-2)20(26)23-24-21(27)16-9-8-15(33-16)11-4-6-12(22)7-5-11/h4-10H,1-3H3,(H,23,26)(H,24,27). The molecule has 0 atom stereocenters. The molecule has 0 aliphatic carbocycles. The highest BCUT2D eigenvalue weighted by Crippen LogP contribution is 2.46. The molecule has 2 aromatic carbocycles. The van der Waals surface area contributed by atoms with Crippen LogP contribution in [0.4, 0.5) is 10.1 Å². The molecule has 0 fully saturated rings. The number of ether oxygens (including phenoxy) is 3. The fraction of sp³-hybridized carbons (Fsp3) is 0.143. The van der Waals surface area contributed by atoms with E-state index in [1.54, 1.807) is 18.2 Å². The van der Waals surface area contributed by atoms with Gasteiger partial charge in [0.05, 0.1) is 31.1 Å². The Hall–Kier alpha value is -4.19. The van der Waals surface area contributed by atoms with Crippen molar-refractivity contribution < 1.29 is 33.1 Å². The van der Waals surface area contributed by atoms with Crippen molar-refractivity contribution in [2.45, 2.75) is 0 Å². The number of hydrazine groups is 1. The third-order valence-electron chi connectivity index (χ3n) is 4.48. The summed E-state index contributed by atoms with van der Waals surface area (Å²) in [6.07, 6.45) is 0. The van der Waals surface area contributed by atoms with Gasteiger partial charge in [-0.2, -0.15) is 0 Å². The van der Waals surface area contributed by atoms with Crippen molar-refractivity contribution in [3.63, 3.8) is 0 Å². The van der Waals surface area contributed by atoms with Crippen LogP contribution in [-0.4, -0.2) is 38.1 Å². The monoisotopic (exact) mass is 475 g/mol. The van der Waals surface area contributed by atoms with E-state index < -0.39 is 28.0 Å². The summed E-state index contributed by atoms with van der Waals surface area (Å²) in [5.41, 5.74) is 4.02. The summed E-state index contributed by atoms with van der Waals surface area (Å²) in [5, 5.41) is 11.6. The number of hydrogen-bond acceptors (Lipinski definition) is 8. The summed E-state index contributed by atoms with van der Waals surface area (Å²) in [7, 11) is 3.75. The van der Waals surface area contributed by atoms with Crippen molar-refractivity contribution in [2.24, 2.45) is 0 Å². The van der Waals surface area contributed by atoms with E-state index in [-0.39, 0.29) is 27.9 Å².